The fraction of sp³-hybridized carbons (Fsp3) is 0.0714. The molecule has 0 aromatic heterocycles. The maximum absolute atomic E-state index is 14.2. The predicted molar refractivity (Wildman–Crippen MR) is 84.9 cm³/mol. The first-order valence-electron chi connectivity index (χ1n) is 5.86. The first-order valence-corrected chi connectivity index (χ1v) is 7.60. The van der Waals surface area contributed by atoms with E-state index < -0.39 is 5.82 Å². The Kier molecular flexibility index (Phi) is 5.33. The third-order valence-electron chi connectivity index (χ3n) is 2.75. The molecule has 0 spiro atoms. The average Bonchev–Trinajstić information content (AvgIpc) is 2.49. The van der Waals surface area contributed by atoms with Crippen LogP contribution < -0.4 is 5.73 Å². The summed E-state index contributed by atoms with van der Waals surface area (Å²) in [6, 6.07) is 9.98. The summed E-state index contributed by atoms with van der Waals surface area (Å²) in [7, 11) is 0. The van der Waals surface area contributed by atoms with Gasteiger partial charge in [-0.2, -0.15) is 0 Å². The van der Waals surface area contributed by atoms with E-state index in [4.69, 9.17) is 34.1 Å². The Morgan fingerprint density at radius 1 is 1.24 bits per heavy atom. The number of oxime groups is 1. The highest BCUT2D eigenvalue weighted by atomic mass is 35.5. The normalized spacial score (nSPS) is 11.7. The molecule has 7 heteroatoms. The van der Waals surface area contributed by atoms with Crippen molar-refractivity contribution in [3.8, 4) is 0 Å². The molecule has 0 saturated heterocycles. The van der Waals surface area contributed by atoms with E-state index in [1.807, 2.05) is 6.07 Å². The molecule has 0 aliphatic rings. The summed E-state index contributed by atoms with van der Waals surface area (Å²) in [5.41, 5.74) is 5.96. The van der Waals surface area contributed by atoms with Gasteiger partial charge < -0.3 is 10.9 Å². The highest BCUT2D eigenvalue weighted by molar-refractivity contribution is 7.98. The van der Waals surface area contributed by atoms with E-state index in [-0.39, 0.29) is 11.4 Å². The Labute approximate surface area is 135 Å². The van der Waals surface area contributed by atoms with Crippen molar-refractivity contribution in [3.05, 3.63) is 63.4 Å². The number of hydrogen-bond donors (Lipinski definition) is 2. The smallest absolute Gasteiger partial charge is 0.173 e. The zero-order chi connectivity index (χ0) is 15.4. The lowest BCUT2D eigenvalue weighted by molar-refractivity contribution is 0.318. The summed E-state index contributed by atoms with van der Waals surface area (Å²) in [4.78, 5) is 0.873. The number of nitrogens with zero attached hydrogens (tertiary/aromatic N) is 1. The molecular weight excluding hydrogens is 334 g/mol. The van der Waals surface area contributed by atoms with Crippen LogP contribution in [0, 0.1) is 5.82 Å². The first-order chi connectivity index (χ1) is 10.0. The lowest BCUT2D eigenvalue weighted by Gasteiger charge is -2.08. The van der Waals surface area contributed by atoms with Crippen LogP contribution in [0.3, 0.4) is 0 Å². The summed E-state index contributed by atoms with van der Waals surface area (Å²) < 4.78 is 14.2. The Bertz CT molecular complexity index is 695. The van der Waals surface area contributed by atoms with Crippen LogP contribution in [0.15, 0.2) is 46.4 Å². The molecule has 0 atom stereocenters. The minimum absolute atomic E-state index is 0.0738. The van der Waals surface area contributed by atoms with E-state index >= 15 is 0 Å². The van der Waals surface area contributed by atoms with E-state index in [1.54, 1.807) is 24.3 Å². The second kappa shape index (κ2) is 7.02. The molecule has 0 unspecified atom stereocenters. The van der Waals surface area contributed by atoms with Crippen LogP contribution in [0.5, 0.6) is 0 Å². The van der Waals surface area contributed by atoms with Crippen molar-refractivity contribution in [3.63, 3.8) is 0 Å². The molecule has 2 rings (SSSR count). The molecule has 0 bridgehead atoms. The number of amidine groups is 1. The van der Waals surface area contributed by atoms with Crippen LogP contribution in [0.2, 0.25) is 10.0 Å². The molecule has 0 amide bonds. The zero-order valence-corrected chi connectivity index (χ0v) is 13.0. The van der Waals surface area contributed by atoms with Gasteiger partial charge in [-0.3, -0.25) is 0 Å². The van der Waals surface area contributed by atoms with Crippen LogP contribution >= 0.6 is 35.0 Å². The van der Waals surface area contributed by atoms with Crippen molar-refractivity contribution in [2.75, 3.05) is 0 Å². The molecular formula is C14H11Cl2FN2OS. The molecule has 2 aromatic carbocycles. The van der Waals surface area contributed by atoms with Crippen LogP contribution in [-0.2, 0) is 5.75 Å². The van der Waals surface area contributed by atoms with Gasteiger partial charge in [-0.15, -0.1) is 11.8 Å². The van der Waals surface area contributed by atoms with Crippen molar-refractivity contribution >= 4 is 40.8 Å². The van der Waals surface area contributed by atoms with Gasteiger partial charge in [0.2, 0.25) is 0 Å². The fourth-order valence-electron chi connectivity index (χ4n) is 1.67. The minimum Gasteiger partial charge on any atom is -0.409 e. The lowest BCUT2D eigenvalue weighted by atomic mass is 10.1. The number of thioether (sulfide) groups is 1. The molecule has 0 saturated carbocycles. The molecule has 0 aliphatic heterocycles. The third-order valence-corrected chi connectivity index (χ3v) is 4.53. The monoisotopic (exact) mass is 344 g/mol. The molecule has 0 aliphatic carbocycles. The minimum atomic E-state index is -0.500. The van der Waals surface area contributed by atoms with Crippen molar-refractivity contribution in [2.45, 2.75) is 10.6 Å². The number of rotatable bonds is 4. The Balaban J connectivity index is 2.18. The average molecular weight is 345 g/mol. The van der Waals surface area contributed by atoms with Gasteiger partial charge in [0.05, 0.1) is 15.6 Å². The molecule has 3 N–H and O–H groups in total. The Morgan fingerprint density at radius 3 is 2.67 bits per heavy atom. The standard InChI is InChI=1S/C14H11Cl2FN2OS/c15-11-5-4-9(6-12(11)16)21-7-8-2-1-3-10(13(8)17)14(18)19-20/h1-6,20H,7H2,(H2,18,19). The van der Waals surface area contributed by atoms with Gasteiger partial charge in [0.1, 0.15) is 5.82 Å². The second-order valence-electron chi connectivity index (χ2n) is 4.13. The number of nitrogens with two attached hydrogens (primary N) is 1. The van der Waals surface area contributed by atoms with Crippen LogP contribution in [0.4, 0.5) is 4.39 Å². The SMILES string of the molecule is N/C(=N/O)c1cccc(CSc2ccc(Cl)c(Cl)c2)c1F. The largest absolute Gasteiger partial charge is 0.409 e. The molecule has 2 aromatic rings. The van der Waals surface area contributed by atoms with Crippen molar-refractivity contribution < 1.29 is 9.60 Å². The highest BCUT2D eigenvalue weighted by Crippen LogP contribution is 2.30. The fourth-order valence-corrected chi connectivity index (χ4v) is 2.94. The third kappa shape index (κ3) is 3.81. The predicted octanol–water partition coefficient (Wildman–Crippen LogP) is 4.52. The number of hydrogen-bond acceptors (Lipinski definition) is 3. The molecule has 0 radical (unpaired) electrons. The summed E-state index contributed by atoms with van der Waals surface area (Å²) in [5, 5.41) is 12.4. The van der Waals surface area contributed by atoms with E-state index in [9.17, 15) is 4.39 Å². The second-order valence-corrected chi connectivity index (χ2v) is 5.99. The summed E-state index contributed by atoms with van der Waals surface area (Å²) in [6.45, 7) is 0. The molecule has 0 fully saturated rings. The molecule has 110 valence electrons. The van der Waals surface area contributed by atoms with Gasteiger partial charge in [-0.05, 0) is 29.8 Å². The van der Waals surface area contributed by atoms with Gasteiger partial charge in [0, 0.05) is 10.6 Å². The summed E-state index contributed by atoms with van der Waals surface area (Å²) >= 11 is 13.2. The van der Waals surface area contributed by atoms with Crippen molar-refractivity contribution in [1.29, 1.82) is 0 Å². The zero-order valence-electron chi connectivity index (χ0n) is 10.7. The summed E-state index contributed by atoms with van der Waals surface area (Å²) in [5.74, 6) is -0.370. The van der Waals surface area contributed by atoms with E-state index in [0.717, 1.165) is 4.90 Å². The van der Waals surface area contributed by atoms with E-state index in [2.05, 4.69) is 5.16 Å². The number of benzene rings is 2. The number of halogens is 3. The van der Waals surface area contributed by atoms with Gasteiger partial charge >= 0.3 is 0 Å². The van der Waals surface area contributed by atoms with Gasteiger partial charge in [0.25, 0.3) is 0 Å². The Morgan fingerprint density at radius 2 is 2.00 bits per heavy atom. The van der Waals surface area contributed by atoms with E-state index in [1.165, 1.54) is 17.8 Å². The van der Waals surface area contributed by atoms with E-state index in [0.29, 0.717) is 21.4 Å². The first kappa shape index (κ1) is 15.9. The maximum atomic E-state index is 14.2. The topological polar surface area (TPSA) is 58.6 Å². The lowest BCUT2D eigenvalue weighted by Crippen LogP contribution is -2.15. The highest BCUT2D eigenvalue weighted by Gasteiger charge is 2.12. The van der Waals surface area contributed by atoms with Crippen molar-refractivity contribution in [1.82, 2.24) is 0 Å². The van der Waals surface area contributed by atoms with Crippen molar-refractivity contribution in [2.24, 2.45) is 10.9 Å². The van der Waals surface area contributed by atoms with Crippen LogP contribution in [0.25, 0.3) is 0 Å². The molecule has 21 heavy (non-hydrogen) atoms. The quantitative estimate of drug-likeness (QED) is 0.282. The van der Waals surface area contributed by atoms with Gasteiger partial charge in [-0.1, -0.05) is 40.5 Å². The van der Waals surface area contributed by atoms with Crippen LogP contribution in [0.1, 0.15) is 11.1 Å². The molecule has 3 nitrogen and oxygen atoms in total. The van der Waals surface area contributed by atoms with Gasteiger partial charge in [-0.25, -0.2) is 4.39 Å². The maximum Gasteiger partial charge on any atom is 0.173 e. The van der Waals surface area contributed by atoms with Crippen LogP contribution in [-0.4, -0.2) is 11.0 Å². The van der Waals surface area contributed by atoms with Gasteiger partial charge in [0.15, 0.2) is 5.84 Å². The molecule has 0 heterocycles. The Hall–Kier alpha value is -1.43. The summed E-state index contributed by atoms with van der Waals surface area (Å²) in [6.07, 6.45) is 0.